The Hall–Kier alpha value is -2.39. The summed E-state index contributed by atoms with van der Waals surface area (Å²) in [4.78, 5) is 0. The molecule has 302 valence electrons. The smallest absolute Gasteiger partial charge is 0.203 e. The zero-order valence-corrected chi connectivity index (χ0v) is 25.9. The van der Waals surface area contributed by atoms with Crippen molar-refractivity contribution in [2.45, 2.75) is 124 Å². The van der Waals surface area contributed by atoms with Crippen molar-refractivity contribution in [1.29, 1.82) is 0 Å². The molecular formula is C29H25F23. The fourth-order valence-electron chi connectivity index (χ4n) is 6.75. The van der Waals surface area contributed by atoms with Gasteiger partial charge < -0.3 is 0 Å². The van der Waals surface area contributed by atoms with Crippen LogP contribution < -0.4 is 0 Å². The van der Waals surface area contributed by atoms with Crippen molar-refractivity contribution < 1.29 is 101 Å². The van der Waals surface area contributed by atoms with E-state index in [9.17, 15) is 101 Å². The Morgan fingerprint density at radius 1 is 0.404 bits per heavy atom. The number of rotatable bonds is 11. The van der Waals surface area contributed by atoms with E-state index in [1.54, 1.807) is 0 Å². The molecule has 1 aromatic carbocycles. The van der Waals surface area contributed by atoms with Gasteiger partial charge in [-0.15, -0.1) is 0 Å². The van der Waals surface area contributed by atoms with Crippen molar-refractivity contribution in [2.24, 2.45) is 17.8 Å². The van der Waals surface area contributed by atoms with Gasteiger partial charge in [-0.25, -0.2) is 17.6 Å². The molecule has 0 N–H and O–H groups in total. The minimum atomic E-state index is -9.27. The number of hydrogen-bond donors (Lipinski definition) is 0. The lowest BCUT2D eigenvalue weighted by Gasteiger charge is -2.43. The monoisotopic (exact) mass is 810 g/mol. The highest BCUT2D eigenvalue weighted by molar-refractivity contribution is 5.37. The summed E-state index contributed by atoms with van der Waals surface area (Å²) in [6, 6.07) is 0. The first kappa shape index (κ1) is 44.0. The highest BCUT2D eigenvalue weighted by Crippen LogP contribution is 2.66. The fraction of sp³-hybridized carbons (Fsp3) is 0.793. The van der Waals surface area contributed by atoms with Crippen LogP contribution in [-0.4, -0.2) is 47.6 Å². The average Bonchev–Trinajstić information content (AvgIpc) is 3.03. The van der Waals surface area contributed by atoms with Crippen LogP contribution >= 0.6 is 0 Å². The lowest BCUT2D eigenvalue weighted by atomic mass is 9.68. The SMILES string of the molecule is CC[C@H]1CC[C@H]([C@H]2CC[C@H](c3c(F)c(F)c(C(F)(F)C(F)(F)C(F)(F)C(F)(F)C(F)(F)C(F)(F)C(F)(F)C(F)(F)C(F)(F)F)c(F)c3F)CC2)CC1. The van der Waals surface area contributed by atoms with Crippen LogP contribution in [0.15, 0.2) is 0 Å². The van der Waals surface area contributed by atoms with Crippen LogP contribution in [0.25, 0.3) is 0 Å². The highest BCUT2D eigenvalue weighted by atomic mass is 19.4. The summed E-state index contributed by atoms with van der Waals surface area (Å²) in [5.41, 5.74) is -5.96. The molecule has 0 bridgehead atoms. The van der Waals surface area contributed by atoms with Crippen molar-refractivity contribution in [1.82, 2.24) is 0 Å². The van der Waals surface area contributed by atoms with E-state index >= 15 is 0 Å². The Balaban J connectivity index is 2.04. The number of hydrogen-bond acceptors (Lipinski definition) is 0. The van der Waals surface area contributed by atoms with Crippen LogP contribution in [0.3, 0.4) is 0 Å². The van der Waals surface area contributed by atoms with E-state index in [-0.39, 0.29) is 37.5 Å². The van der Waals surface area contributed by atoms with Crippen molar-refractivity contribution in [3.63, 3.8) is 0 Å². The fourth-order valence-corrected chi connectivity index (χ4v) is 6.75. The second-order valence-electron chi connectivity index (χ2n) is 12.9. The Kier molecular flexibility index (Phi) is 11.4. The summed E-state index contributed by atoms with van der Waals surface area (Å²) in [5.74, 6) is -85.3. The van der Waals surface area contributed by atoms with Crippen molar-refractivity contribution >= 4 is 0 Å². The van der Waals surface area contributed by atoms with E-state index in [4.69, 9.17) is 0 Å². The van der Waals surface area contributed by atoms with E-state index < -0.39 is 93.9 Å². The molecule has 0 heterocycles. The van der Waals surface area contributed by atoms with Gasteiger partial charge in [-0.05, 0) is 62.2 Å². The van der Waals surface area contributed by atoms with E-state index in [0.717, 1.165) is 32.1 Å². The Labute approximate surface area is 278 Å². The Bertz CT molecular complexity index is 1410. The number of halogens is 23. The predicted molar refractivity (Wildman–Crippen MR) is 131 cm³/mol. The Morgan fingerprint density at radius 3 is 1.04 bits per heavy atom. The zero-order chi connectivity index (χ0) is 40.6. The maximum absolute atomic E-state index is 15.0. The van der Waals surface area contributed by atoms with E-state index in [0.29, 0.717) is 5.92 Å². The quantitative estimate of drug-likeness (QED) is 0.154. The molecule has 2 aliphatic carbocycles. The molecule has 0 radical (unpaired) electrons. The zero-order valence-electron chi connectivity index (χ0n) is 25.9. The average molecular weight is 810 g/mol. The summed E-state index contributed by atoms with van der Waals surface area (Å²) in [5, 5.41) is 0. The number of benzene rings is 1. The molecule has 2 fully saturated rings. The summed E-state index contributed by atoms with van der Waals surface area (Å²) >= 11 is 0. The molecule has 0 spiro atoms. The van der Waals surface area contributed by atoms with Gasteiger partial charge in [0.05, 0.1) is 0 Å². The predicted octanol–water partition coefficient (Wildman–Crippen LogP) is 12.8. The van der Waals surface area contributed by atoms with Gasteiger partial charge in [0.15, 0.2) is 23.3 Å². The van der Waals surface area contributed by atoms with E-state index in [1.165, 1.54) is 0 Å². The molecule has 0 nitrogen and oxygen atoms in total. The minimum absolute atomic E-state index is 0.0915. The lowest BCUT2D eigenvalue weighted by Crippen LogP contribution is -2.75. The number of alkyl halides is 19. The summed E-state index contributed by atoms with van der Waals surface area (Å²) in [6.45, 7) is 1.97. The second kappa shape index (κ2) is 13.4. The molecule has 0 aromatic heterocycles. The highest BCUT2D eigenvalue weighted by Gasteiger charge is 2.97. The third-order valence-corrected chi connectivity index (χ3v) is 10.0. The molecule has 3 rings (SSSR count). The molecule has 52 heavy (non-hydrogen) atoms. The molecule has 0 aliphatic heterocycles. The first-order valence-corrected chi connectivity index (χ1v) is 15.1. The third kappa shape index (κ3) is 6.16. The van der Waals surface area contributed by atoms with Crippen LogP contribution in [0.1, 0.15) is 81.8 Å². The van der Waals surface area contributed by atoms with Crippen LogP contribution in [0.5, 0.6) is 0 Å². The summed E-state index contributed by atoms with van der Waals surface area (Å²) < 4.78 is 320. The minimum Gasteiger partial charge on any atom is -0.203 e. The molecule has 23 heteroatoms. The molecule has 2 aliphatic rings. The molecule has 0 saturated heterocycles. The third-order valence-electron chi connectivity index (χ3n) is 10.0. The molecule has 0 amide bonds. The second-order valence-corrected chi connectivity index (χ2v) is 12.9. The normalized spacial score (nSPS) is 24.0. The van der Waals surface area contributed by atoms with Gasteiger partial charge in [0.2, 0.25) is 0 Å². The van der Waals surface area contributed by atoms with Crippen LogP contribution in [0.4, 0.5) is 101 Å². The standard InChI is InChI=1S/C29H25F23/c1-2-11-3-5-12(6-4-11)13-7-9-14(10-8-13)15-17(30)19(32)16(20(33)18(15)31)21(34,35)22(36,37)23(38,39)24(40,41)25(42,43)26(44,45)27(46,47)28(48,49)29(50,51)52/h11-14H,2-10H2,1H3/t11-,12-,13-,14-. The molecule has 2 saturated carbocycles. The Morgan fingerprint density at radius 2 is 0.712 bits per heavy atom. The maximum Gasteiger partial charge on any atom is 0.460 e. The summed E-state index contributed by atoms with van der Waals surface area (Å²) in [6.07, 6.45) is -4.32. The van der Waals surface area contributed by atoms with E-state index in [1.807, 2.05) is 6.92 Å². The van der Waals surface area contributed by atoms with Crippen molar-refractivity contribution in [2.75, 3.05) is 0 Å². The maximum atomic E-state index is 15.0. The van der Waals surface area contributed by atoms with Crippen molar-refractivity contribution in [3.05, 3.63) is 34.4 Å². The largest absolute Gasteiger partial charge is 0.460 e. The van der Waals surface area contributed by atoms with Gasteiger partial charge >= 0.3 is 53.6 Å². The van der Waals surface area contributed by atoms with Crippen LogP contribution in [0, 0.1) is 41.0 Å². The van der Waals surface area contributed by atoms with Gasteiger partial charge in [-0.1, -0.05) is 26.2 Å². The lowest BCUT2D eigenvalue weighted by molar-refractivity contribution is -0.469. The van der Waals surface area contributed by atoms with E-state index in [2.05, 4.69) is 0 Å². The molecule has 0 unspecified atom stereocenters. The molecule has 0 atom stereocenters. The topological polar surface area (TPSA) is 0 Å². The summed E-state index contributed by atoms with van der Waals surface area (Å²) in [7, 11) is 0. The van der Waals surface area contributed by atoms with Gasteiger partial charge in [0.25, 0.3) is 0 Å². The molecule has 1 aromatic rings. The van der Waals surface area contributed by atoms with Gasteiger partial charge in [0.1, 0.15) is 5.56 Å². The van der Waals surface area contributed by atoms with Gasteiger partial charge in [0, 0.05) is 5.56 Å². The van der Waals surface area contributed by atoms with Gasteiger partial charge in [-0.2, -0.15) is 83.4 Å². The van der Waals surface area contributed by atoms with Crippen LogP contribution in [0.2, 0.25) is 0 Å². The van der Waals surface area contributed by atoms with Gasteiger partial charge in [-0.3, -0.25) is 0 Å². The van der Waals surface area contributed by atoms with Crippen molar-refractivity contribution in [3.8, 4) is 0 Å². The van der Waals surface area contributed by atoms with Crippen LogP contribution in [-0.2, 0) is 5.92 Å². The first-order chi connectivity index (χ1) is 23.1. The first-order valence-electron chi connectivity index (χ1n) is 15.1. The molecular weight excluding hydrogens is 785 g/mol.